The molecule has 0 bridgehead atoms. The molecule has 2 aromatic heterocycles. The van der Waals surface area contributed by atoms with Gasteiger partial charge in [-0.25, -0.2) is 9.37 Å². The zero-order valence-corrected chi connectivity index (χ0v) is 11.4. The number of nitrogens with zero attached hydrogens (tertiary/aromatic N) is 3. The van der Waals surface area contributed by atoms with Gasteiger partial charge in [0.05, 0.1) is 5.39 Å². The highest BCUT2D eigenvalue weighted by atomic mass is 32.1. The Morgan fingerprint density at radius 2 is 1.95 bits per heavy atom. The van der Waals surface area contributed by atoms with Crippen LogP contribution in [0.2, 0.25) is 0 Å². The second-order valence-electron chi connectivity index (χ2n) is 4.19. The van der Waals surface area contributed by atoms with Crippen molar-refractivity contribution in [1.29, 1.82) is 0 Å². The van der Waals surface area contributed by atoms with Gasteiger partial charge >= 0.3 is 0 Å². The fraction of sp³-hybridized carbons (Fsp3) is 0.0714. The molecule has 0 fully saturated rings. The molecule has 6 heteroatoms. The molecule has 0 saturated carbocycles. The van der Waals surface area contributed by atoms with Crippen molar-refractivity contribution in [2.45, 2.75) is 0 Å². The number of aromatic nitrogens is 2. The summed E-state index contributed by atoms with van der Waals surface area (Å²) in [5.41, 5.74) is 0.445. The van der Waals surface area contributed by atoms with Crippen molar-refractivity contribution in [3.63, 3.8) is 0 Å². The maximum Gasteiger partial charge on any atom is 0.282 e. The summed E-state index contributed by atoms with van der Waals surface area (Å²) < 4.78 is 12.9. The predicted molar refractivity (Wildman–Crippen MR) is 78.1 cm³/mol. The summed E-state index contributed by atoms with van der Waals surface area (Å²) in [7, 11) is 1.78. The van der Waals surface area contributed by atoms with Gasteiger partial charge in [-0.15, -0.1) is 0 Å². The van der Waals surface area contributed by atoms with Gasteiger partial charge in [-0.1, -0.05) is 11.3 Å². The molecule has 1 aromatic carbocycles. The van der Waals surface area contributed by atoms with Crippen molar-refractivity contribution >= 4 is 32.4 Å². The number of rotatable bonds is 2. The summed E-state index contributed by atoms with van der Waals surface area (Å²) >= 11 is 1.32. The van der Waals surface area contributed by atoms with Crippen molar-refractivity contribution in [1.82, 2.24) is 9.97 Å². The highest BCUT2D eigenvalue weighted by molar-refractivity contribution is 7.21. The first-order chi connectivity index (χ1) is 9.65. The molecule has 0 spiro atoms. The van der Waals surface area contributed by atoms with Crippen LogP contribution in [0.5, 0.6) is 0 Å². The van der Waals surface area contributed by atoms with Gasteiger partial charge < -0.3 is 4.90 Å². The van der Waals surface area contributed by atoms with E-state index < -0.39 is 0 Å². The molecule has 0 aliphatic rings. The Morgan fingerprint density at radius 1 is 1.20 bits per heavy atom. The molecule has 3 aromatic rings. The number of benzene rings is 1. The number of pyridine rings is 1. The first-order valence-corrected chi connectivity index (χ1v) is 6.72. The van der Waals surface area contributed by atoms with Crippen molar-refractivity contribution in [3.05, 3.63) is 58.8 Å². The van der Waals surface area contributed by atoms with Crippen LogP contribution in [0.15, 0.2) is 47.4 Å². The van der Waals surface area contributed by atoms with Crippen molar-refractivity contribution in [2.24, 2.45) is 0 Å². The van der Waals surface area contributed by atoms with E-state index in [0.717, 1.165) is 5.69 Å². The molecule has 3 rings (SSSR count). The van der Waals surface area contributed by atoms with E-state index in [-0.39, 0.29) is 11.4 Å². The summed E-state index contributed by atoms with van der Waals surface area (Å²) in [6.45, 7) is 0. The first-order valence-electron chi connectivity index (χ1n) is 5.90. The Balaban J connectivity index is 2.10. The van der Waals surface area contributed by atoms with Crippen LogP contribution >= 0.6 is 11.3 Å². The van der Waals surface area contributed by atoms with Gasteiger partial charge in [0.2, 0.25) is 0 Å². The van der Waals surface area contributed by atoms with E-state index in [1.807, 2.05) is 0 Å². The van der Waals surface area contributed by atoms with E-state index in [0.29, 0.717) is 15.3 Å². The fourth-order valence-corrected chi connectivity index (χ4v) is 2.73. The largest absolute Gasteiger partial charge is 0.321 e. The lowest BCUT2D eigenvalue weighted by Crippen LogP contribution is -2.15. The summed E-state index contributed by atoms with van der Waals surface area (Å²) in [5.74, 6) is -0.302. The van der Waals surface area contributed by atoms with Crippen LogP contribution in [-0.2, 0) is 0 Å². The lowest BCUT2D eigenvalue weighted by atomic mass is 10.3. The van der Waals surface area contributed by atoms with Crippen LogP contribution in [0.1, 0.15) is 0 Å². The van der Waals surface area contributed by atoms with E-state index >= 15 is 0 Å². The predicted octanol–water partition coefficient (Wildman–Crippen LogP) is 2.96. The topological polar surface area (TPSA) is 46.1 Å². The molecule has 0 atom stereocenters. The summed E-state index contributed by atoms with van der Waals surface area (Å²) in [5, 5.41) is 1.03. The lowest BCUT2D eigenvalue weighted by molar-refractivity contribution is 0.628. The molecule has 0 N–H and O–H groups in total. The second-order valence-corrected chi connectivity index (χ2v) is 5.15. The number of fused-ring (bicyclic) bond motifs is 1. The molecule has 100 valence electrons. The van der Waals surface area contributed by atoms with Gasteiger partial charge in [-0.2, -0.15) is 4.98 Å². The van der Waals surface area contributed by atoms with E-state index in [1.54, 1.807) is 42.4 Å². The van der Waals surface area contributed by atoms with Crippen LogP contribution in [0.3, 0.4) is 0 Å². The van der Waals surface area contributed by atoms with Gasteiger partial charge in [0, 0.05) is 18.9 Å². The Bertz CT molecular complexity index is 817. The number of hydrogen-bond donors (Lipinski definition) is 0. The van der Waals surface area contributed by atoms with Crippen molar-refractivity contribution in [2.75, 3.05) is 11.9 Å². The quantitative estimate of drug-likeness (QED) is 0.727. The number of hydrogen-bond acceptors (Lipinski definition) is 5. The fourth-order valence-electron chi connectivity index (χ4n) is 1.81. The third kappa shape index (κ3) is 2.25. The van der Waals surface area contributed by atoms with Crippen LogP contribution in [0.25, 0.3) is 10.2 Å². The lowest BCUT2D eigenvalue weighted by Gasteiger charge is -2.17. The van der Waals surface area contributed by atoms with Gasteiger partial charge in [0.25, 0.3) is 5.56 Å². The van der Waals surface area contributed by atoms with E-state index in [1.165, 1.54) is 23.5 Å². The third-order valence-corrected chi connectivity index (χ3v) is 3.95. The van der Waals surface area contributed by atoms with Crippen LogP contribution in [0, 0.1) is 5.82 Å². The van der Waals surface area contributed by atoms with E-state index in [4.69, 9.17) is 0 Å². The van der Waals surface area contributed by atoms with Gasteiger partial charge in [-0.3, -0.25) is 4.79 Å². The SMILES string of the molecule is CN(c1ccc(F)cc1)c1nc(=O)c2cccnc2s1. The van der Waals surface area contributed by atoms with Gasteiger partial charge in [-0.05, 0) is 36.4 Å². The minimum Gasteiger partial charge on any atom is -0.321 e. The highest BCUT2D eigenvalue weighted by Crippen LogP contribution is 2.27. The Hall–Kier alpha value is -2.34. The Labute approximate surface area is 118 Å². The smallest absolute Gasteiger partial charge is 0.282 e. The number of anilines is 2. The molecule has 0 unspecified atom stereocenters. The van der Waals surface area contributed by atoms with Gasteiger partial charge in [0.15, 0.2) is 5.13 Å². The van der Waals surface area contributed by atoms with Crippen LogP contribution in [-0.4, -0.2) is 17.0 Å². The Kier molecular flexibility index (Phi) is 3.15. The minimum absolute atomic E-state index is 0.302. The Morgan fingerprint density at radius 3 is 2.70 bits per heavy atom. The molecule has 0 radical (unpaired) electrons. The summed E-state index contributed by atoms with van der Waals surface area (Å²) in [6, 6.07) is 9.42. The highest BCUT2D eigenvalue weighted by Gasteiger charge is 2.10. The van der Waals surface area contributed by atoms with Crippen molar-refractivity contribution in [3.8, 4) is 0 Å². The summed E-state index contributed by atoms with van der Waals surface area (Å²) in [4.78, 5) is 22.6. The van der Waals surface area contributed by atoms with Crippen molar-refractivity contribution < 1.29 is 4.39 Å². The average Bonchev–Trinajstić information content (AvgIpc) is 2.47. The molecule has 0 aliphatic carbocycles. The zero-order chi connectivity index (χ0) is 14.1. The molecule has 4 nitrogen and oxygen atoms in total. The molecule has 0 saturated heterocycles. The summed E-state index contributed by atoms with van der Waals surface area (Å²) in [6.07, 6.45) is 1.64. The average molecular weight is 287 g/mol. The normalized spacial score (nSPS) is 10.7. The molecule has 0 aliphatic heterocycles. The second kappa shape index (κ2) is 4.97. The standard InChI is InChI=1S/C14H10FN3OS/c1-18(10-6-4-9(15)5-7-10)14-17-12(19)11-3-2-8-16-13(11)20-14/h2-8H,1H3. The first kappa shape index (κ1) is 12.7. The third-order valence-electron chi connectivity index (χ3n) is 2.89. The zero-order valence-electron chi connectivity index (χ0n) is 10.6. The number of halogens is 1. The molecular weight excluding hydrogens is 277 g/mol. The van der Waals surface area contributed by atoms with Crippen LogP contribution in [0.4, 0.5) is 15.2 Å². The maximum atomic E-state index is 12.9. The minimum atomic E-state index is -0.309. The van der Waals surface area contributed by atoms with Crippen LogP contribution < -0.4 is 10.5 Å². The molecule has 2 heterocycles. The molecule has 0 amide bonds. The van der Waals surface area contributed by atoms with E-state index in [2.05, 4.69) is 9.97 Å². The monoisotopic (exact) mass is 287 g/mol. The van der Waals surface area contributed by atoms with Gasteiger partial charge in [0.1, 0.15) is 10.6 Å². The molecular formula is C14H10FN3OS. The maximum absolute atomic E-state index is 12.9. The van der Waals surface area contributed by atoms with E-state index in [9.17, 15) is 9.18 Å². The molecule has 20 heavy (non-hydrogen) atoms.